The quantitative estimate of drug-likeness (QED) is 0.797. The lowest BCUT2D eigenvalue weighted by molar-refractivity contribution is -0.139. The fourth-order valence-corrected chi connectivity index (χ4v) is 1.66. The van der Waals surface area contributed by atoms with Crippen LogP contribution in [0.3, 0.4) is 0 Å². The predicted molar refractivity (Wildman–Crippen MR) is 63.7 cm³/mol. The highest BCUT2D eigenvalue weighted by Crippen LogP contribution is 2.19. The maximum absolute atomic E-state index is 13.1. The van der Waals surface area contributed by atoms with Gasteiger partial charge in [-0.15, -0.1) is 0 Å². The Labute approximate surface area is 105 Å². The van der Waals surface area contributed by atoms with Gasteiger partial charge in [0.15, 0.2) is 0 Å². The Kier molecular flexibility index (Phi) is 5.67. The molecule has 0 aliphatic rings. The second-order valence-electron chi connectivity index (χ2n) is 3.97. The third kappa shape index (κ3) is 4.38. The van der Waals surface area contributed by atoms with Crippen LogP contribution in [0.5, 0.6) is 0 Å². The van der Waals surface area contributed by atoms with Crippen LogP contribution in [-0.2, 0) is 9.53 Å². The van der Waals surface area contributed by atoms with E-state index in [1.54, 1.807) is 12.0 Å². The fourth-order valence-electron chi connectivity index (χ4n) is 1.66. The van der Waals surface area contributed by atoms with Crippen molar-refractivity contribution < 1.29 is 19.0 Å². The summed E-state index contributed by atoms with van der Waals surface area (Å²) in [6.07, 6.45) is 2.66. The van der Waals surface area contributed by atoms with Gasteiger partial charge in [-0.1, -0.05) is 0 Å². The van der Waals surface area contributed by atoms with Crippen molar-refractivity contribution in [2.75, 3.05) is 26.8 Å². The molecule has 0 saturated carbocycles. The molecule has 1 unspecified atom stereocenters. The third-order valence-corrected chi connectivity index (χ3v) is 2.68. The van der Waals surface area contributed by atoms with Gasteiger partial charge in [-0.25, -0.2) is 4.39 Å². The van der Waals surface area contributed by atoms with Crippen LogP contribution < -0.4 is 0 Å². The fraction of sp³-hybridized carbons (Fsp3) is 0.500. The molecule has 6 heteroatoms. The standard InChI is InChI=1S/C12H17FN2O3/c1-9(10-5-11(13)7-14-6-10)15(3-4-18-2)8-12(16)17/h5-7,9H,3-4,8H2,1-2H3,(H,16,17). The molecule has 1 aromatic rings. The Morgan fingerprint density at radius 2 is 2.33 bits per heavy atom. The van der Waals surface area contributed by atoms with Gasteiger partial charge in [-0.3, -0.25) is 14.7 Å². The van der Waals surface area contributed by atoms with Gasteiger partial charge in [0.2, 0.25) is 0 Å². The van der Waals surface area contributed by atoms with Crippen LogP contribution in [0.15, 0.2) is 18.5 Å². The number of aromatic nitrogens is 1. The molecule has 0 saturated heterocycles. The highest BCUT2D eigenvalue weighted by atomic mass is 19.1. The number of rotatable bonds is 7. The highest BCUT2D eigenvalue weighted by molar-refractivity contribution is 5.69. The second-order valence-corrected chi connectivity index (χ2v) is 3.97. The number of carboxylic acid groups (broad SMARTS) is 1. The van der Waals surface area contributed by atoms with Gasteiger partial charge >= 0.3 is 5.97 Å². The second kappa shape index (κ2) is 7.03. The van der Waals surface area contributed by atoms with Gasteiger partial charge in [0.25, 0.3) is 0 Å². The van der Waals surface area contributed by atoms with Crippen LogP contribution in [0.4, 0.5) is 4.39 Å². The molecule has 1 N–H and O–H groups in total. The largest absolute Gasteiger partial charge is 0.480 e. The monoisotopic (exact) mass is 256 g/mol. The van der Waals surface area contributed by atoms with Crippen LogP contribution in [0, 0.1) is 5.82 Å². The third-order valence-electron chi connectivity index (χ3n) is 2.68. The Hall–Kier alpha value is -1.53. The zero-order valence-electron chi connectivity index (χ0n) is 10.5. The number of pyridine rings is 1. The number of carbonyl (C=O) groups is 1. The summed E-state index contributed by atoms with van der Waals surface area (Å²) in [5, 5.41) is 8.86. The summed E-state index contributed by atoms with van der Waals surface area (Å²) in [5.41, 5.74) is 0.646. The van der Waals surface area contributed by atoms with Gasteiger partial charge in [-0.2, -0.15) is 0 Å². The molecule has 0 radical (unpaired) electrons. The first-order valence-corrected chi connectivity index (χ1v) is 5.59. The summed E-state index contributed by atoms with van der Waals surface area (Å²) >= 11 is 0. The maximum atomic E-state index is 13.1. The first-order chi connectivity index (χ1) is 8.54. The van der Waals surface area contributed by atoms with Crippen molar-refractivity contribution in [3.63, 3.8) is 0 Å². The van der Waals surface area contributed by atoms with Crippen LogP contribution in [0.25, 0.3) is 0 Å². The van der Waals surface area contributed by atoms with E-state index in [1.165, 1.54) is 12.3 Å². The van der Waals surface area contributed by atoms with E-state index in [2.05, 4.69) is 4.98 Å². The minimum absolute atomic E-state index is 0.124. The van der Waals surface area contributed by atoms with Crippen molar-refractivity contribution in [3.8, 4) is 0 Å². The molecule has 0 aliphatic heterocycles. The zero-order chi connectivity index (χ0) is 13.5. The molecule has 1 heterocycles. The minimum atomic E-state index is -0.928. The molecule has 0 fully saturated rings. The lowest BCUT2D eigenvalue weighted by Crippen LogP contribution is -2.35. The van der Waals surface area contributed by atoms with Gasteiger partial charge in [0.1, 0.15) is 5.82 Å². The first kappa shape index (κ1) is 14.5. The number of hydrogen-bond acceptors (Lipinski definition) is 4. The van der Waals surface area contributed by atoms with Crippen LogP contribution in [0.1, 0.15) is 18.5 Å². The Bertz CT molecular complexity index is 401. The molecule has 0 aromatic carbocycles. The van der Waals surface area contributed by atoms with Crippen molar-refractivity contribution in [1.82, 2.24) is 9.88 Å². The zero-order valence-corrected chi connectivity index (χ0v) is 10.5. The number of halogens is 1. The van der Waals surface area contributed by atoms with Gasteiger partial charge in [0, 0.05) is 25.9 Å². The summed E-state index contributed by atoms with van der Waals surface area (Å²) in [4.78, 5) is 16.3. The minimum Gasteiger partial charge on any atom is -0.480 e. The maximum Gasteiger partial charge on any atom is 0.317 e. The van der Waals surface area contributed by atoms with E-state index in [-0.39, 0.29) is 12.6 Å². The summed E-state index contributed by atoms with van der Waals surface area (Å²) in [6, 6.07) is 1.12. The van der Waals surface area contributed by atoms with E-state index < -0.39 is 11.8 Å². The molecular weight excluding hydrogens is 239 g/mol. The molecule has 0 amide bonds. The number of aliphatic carboxylic acids is 1. The predicted octanol–water partition coefficient (Wildman–Crippen LogP) is 1.31. The normalized spacial score (nSPS) is 12.7. The Morgan fingerprint density at radius 3 is 2.89 bits per heavy atom. The number of methoxy groups -OCH3 is 1. The summed E-state index contributed by atoms with van der Waals surface area (Å²) in [5.74, 6) is -1.36. The van der Waals surface area contributed by atoms with Crippen molar-refractivity contribution in [3.05, 3.63) is 29.8 Å². The molecule has 5 nitrogen and oxygen atoms in total. The number of carboxylic acids is 1. The molecule has 1 rings (SSSR count). The molecular formula is C12H17FN2O3. The molecule has 18 heavy (non-hydrogen) atoms. The molecule has 1 aromatic heterocycles. The average Bonchev–Trinajstić information content (AvgIpc) is 2.33. The van der Waals surface area contributed by atoms with Crippen LogP contribution in [0.2, 0.25) is 0 Å². The topological polar surface area (TPSA) is 62.7 Å². The van der Waals surface area contributed by atoms with E-state index in [0.29, 0.717) is 18.7 Å². The van der Waals surface area contributed by atoms with E-state index in [9.17, 15) is 9.18 Å². The number of hydrogen-bond donors (Lipinski definition) is 1. The van der Waals surface area contributed by atoms with Gasteiger partial charge in [-0.05, 0) is 18.6 Å². The smallest absolute Gasteiger partial charge is 0.317 e. The molecule has 1 atom stereocenters. The van der Waals surface area contributed by atoms with E-state index >= 15 is 0 Å². The van der Waals surface area contributed by atoms with Crippen molar-refractivity contribution in [2.24, 2.45) is 0 Å². The Morgan fingerprint density at radius 1 is 1.61 bits per heavy atom. The summed E-state index contributed by atoms with van der Waals surface area (Å²) in [6.45, 7) is 2.57. The molecule has 0 spiro atoms. The van der Waals surface area contributed by atoms with E-state index in [1.807, 2.05) is 6.92 Å². The van der Waals surface area contributed by atoms with Crippen molar-refractivity contribution >= 4 is 5.97 Å². The number of nitrogens with zero attached hydrogens (tertiary/aromatic N) is 2. The molecule has 0 bridgehead atoms. The van der Waals surface area contributed by atoms with Crippen LogP contribution in [-0.4, -0.2) is 47.8 Å². The van der Waals surface area contributed by atoms with Crippen molar-refractivity contribution in [1.29, 1.82) is 0 Å². The highest BCUT2D eigenvalue weighted by Gasteiger charge is 2.18. The first-order valence-electron chi connectivity index (χ1n) is 5.59. The van der Waals surface area contributed by atoms with E-state index in [0.717, 1.165) is 6.20 Å². The SMILES string of the molecule is COCCN(CC(=O)O)C(C)c1cncc(F)c1. The van der Waals surface area contributed by atoms with Crippen molar-refractivity contribution in [2.45, 2.75) is 13.0 Å². The molecule has 0 aliphatic carbocycles. The Balaban J connectivity index is 2.79. The molecule has 100 valence electrons. The van der Waals surface area contributed by atoms with Crippen LogP contribution >= 0.6 is 0 Å². The van der Waals surface area contributed by atoms with E-state index in [4.69, 9.17) is 9.84 Å². The lowest BCUT2D eigenvalue weighted by atomic mass is 10.1. The summed E-state index contributed by atoms with van der Waals surface area (Å²) < 4.78 is 18.0. The number of ether oxygens (including phenoxy) is 1. The average molecular weight is 256 g/mol. The van der Waals surface area contributed by atoms with Gasteiger partial charge in [0.05, 0.1) is 19.3 Å². The lowest BCUT2D eigenvalue weighted by Gasteiger charge is -2.27. The summed E-state index contributed by atoms with van der Waals surface area (Å²) in [7, 11) is 1.55. The van der Waals surface area contributed by atoms with Gasteiger partial charge < -0.3 is 9.84 Å².